The Morgan fingerprint density at radius 3 is 1.92 bits per heavy atom. The van der Waals surface area contributed by atoms with Crippen LogP contribution in [0.3, 0.4) is 0 Å². The lowest BCUT2D eigenvalue weighted by molar-refractivity contribution is 1.18. The number of rotatable bonds is 3. The van der Waals surface area contributed by atoms with Crippen molar-refractivity contribution < 1.29 is 0 Å². The van der Waals surface area contributed by atoms with Crippen LogP contribution < -0.4 is 0 Å². The summed E-state index contributed by atoms with van der Waals surface area (Å²) in [5.41, 5.74) is 8.69. The summed E-state index contributed by atoms with van der Waals surface area (Å²) in [5.74, 6) is 0. The molecular formula is C36H23NS. The van der Waals surface area contributed by atoms with E-state index in [9.17, 15) is 0 Å². The van der Waals surface area contributed by atoms with Gasteiger partial charge in [-0.05, 0) is 47.0 Å². The van der Waals surface area contributed by atoms with Crippen LogP contribution in [0.5, 0.6) is 0 Å². The second-order valence-electron chi connectivity index (χ2n) is 9.75. The average Bonchev–Trinajstić information content (AvgIpc) is 3.54. The van der Waals surface area contributed by atoms with E-state index >= 15 is 0 Å². The van der Waals surface area contributed by atoms with Crippen LogP contribution in [-0.4, -0.2) is 4.57 Å². The molecule has 6 aromatic carbocycles. The third kappa shape index (κ3) is 3.17. The lowest BCUT2D eigenvalue weighted by Crippen LogP contribution is -1.93. The van der Waals surface area contributed by atoms with Gasteiger partial charge in [0.15, 0.2) is 0 Å². The Bertz CT molecular complexity index is 2110. The summed E-state index contributed by atoms with van der Waals surface area (Å²) in [7, 11) is 0. The zero-order valence-electron chi connectivity index (χ0n) is 20.6. The molecule has 0 spiro atoms. The number of hydrogen-bond acceptors (Lipinski definition) is 1. The van der Waals surface area contributed by atoms with Crippen LogP contribution in [-0.2, 0) is 0 Å². The zero-order chi connectivity index (χ0) is 25.1. The van der Waals surface area contributed by atoms with Gasteiger partial charge in [0.1, 0.15) is 0 Å². The number of fused-ring (bicyclic) bond motifs is 6. The second kappa shape index (κ2) is 8.44. The number of nitrogens with zero attached hydrogens (tertiary/aromatic N) is 1. The molecule has 0 saturated heterocycles. The maximum Gasteiger partial charge on any atom is 0.0547 e. The molecule has 0 fully saturated rings. The summed E-state index contributed by atoms with van der Waals surface area (Å²) >= 11 is 1.89. The minimum absolute atomic E-state index is 1.17. The summed E-state index contributed by atoms with van der Waals surface area (Å²) in [5, 5.41) is 5.26. The molecule has 8 rings (SSSR count). The standard InChI is InChI=1S/C36H23NS/c1-2-10-24(11-3-1)25-20-22-26(23-21-25)37-32-17-6-4-13-31(32)35-28(14-9-18-33(35)37)30-16-8-15-29-27-12-5-7-19-34(27)38-36(29)30/h1-23H. The van der Waals surface area contributed by atoms with Gasteiger partial charge in [0, 0.05) is 42.2 Å². The first kappa shape index (κ1) is 21.4. The SMILES string of the molecule is c1ccc(-c2ccc(-n3c4ccccc4c4c(-c5cccc6c5sc5ccccc56)cccc43)cc2)cc1. The summed E-state index contributed by atoms with van der Waals surface area (Å²) in [6.07, 6.45) is 0. The van der Waals surface area contributed by atoms with Crippen molar-refractivity contribution in [3.8, 4) is 27.9 Å². The molecule has 0 amide bonds. The van der Waals surface area contributed by atoms with E-state index in [1.165, 1.54) is 69.9 Å². The van der Waals surface area contributed by atoms with Crippen molar-refractivity contribution >= 4 is 53.3 Å². The third-order valence-electron chi connectivity index (χ3n) is 7.62. The van der Waals surface area contributed by atoms with Gasteiger partial charge in [-0.1, -0.05) is 109 Å². The number of para-hydroxylation sites is 1. The Balaban J connectivity index is 1.39. The fourth-order valence-corrected chi connectivity index (χ4v) is 7.15. The second-order valence-corrected chi connectivity index (χ2v) is 10.8. The van der Waals surface area contributed by atoms with Crippen LogP contribution >= 0.6 is 11.3 Å². The van der Waals surface area contributed by atoms with Crippen molar-refractivity contribution in [1.29, 1.82) is 0 Å². The Morgan fingerprint density at radius 1 is 0.421 bits per heavy atom. The van der Waals surface area contributed by atoms with Gasteiger partial charge >= 0.3 is 0 Å². The van der Waals surface area contributed by atoms with Crippen LogP contribution in [0.15, 0.2) is 140 Å². The molecule has 2 aromatic heterocycles. The minimum Gasteiger partial charge on any atom is -0.309 e. The highest BCUT2D eigenvalue weighted by Crippen LogP contribution is 2.44. The highest BCUT2D eigenvalue weighted by atomic mass is 32.1. The Morgan fingerprint density at radius 2 is 1.05 bits per heavy atom. The molecule has 2 heteroatoms. The molecule has 0 atom stereocenters. The number of benzene rings is 6. The van der Waals surface area contributed by atoms with Crippen LogP contribution in [0.2, 0.25) is 0 Å². The van der Waals surface area contributed by atoms with E-state index in [-0.39, 0.29) is 0 Å². The van der Waals surface area contributed by atoms with Crippen molar-refractivity contribution in [3.05, 3.63) is 140 Å². The van der Waals surface area contributed by atoms with Crippen LogP contribution in [0.4, 0.5) is 0 Å². The maximum absolute atomic E-state index is 2.41. The largest absolute Gasteiger partial charge is 0.309 e. The maximum atomic E-state index is 2.41. The third-order valence-corrected chi connectivity index (χ3v) is 8.84. The molecule has 8 aromatic rings. The van der Waals surface area contributed by atoms with Gasteiger partial charge in [-0.25, -0.2) is 0 Å². The lowest BCUT2D eigenvalue weighted by Gasteiger charge is -2.10. The Labute approximate surface area is 224 Å². The topological polar surface area (TPSA) is 4.93 Å². The highest BCUT2D eigenvalue weighted by Gasteiger charge is 2.18. The number of aromatic nitrogens is 1. The molecule has 0 N–H and O–H groups in total. The minimum atomic E-state index is 1.17. The van der Waals surface area contributed by atoms with Crippen LogP contribution in [0.1, 0.15) is 0 Å². The molecule has 38 heavy (non-hydrogen) atoms. The monoisotopic (exact) mass is 501 g/mol. The quantitative estimate of drug-likeness (QED) is 0.227. The molecule has 0 radical (unpaired) electrons. The molecule has 0 unspecified atom stereocenters. The lowest BCUT2D eigenvalue weighted by atomic mass is 9.98. The predicted octanol–water partition coefficient (Wildman–Crippen LogP) is 10.5. The molecule has 178 valence electrons. The molecule has 0 saturated carbocycles. The van der Waals surface area contributed by atoms with Crippen molar-refractivity contribution in [2.45, 2.75) is 0 Å². The van der Waals surface area contributed by atoms with E-state index in [1.807, 2.05) is 11.3 Å². The smallest absolute Gasteiger partial charge is 0.0547 e. The zero-order valence-corrected chi connectivity index (χ0v) is 21.5. The molecule has 0 aliphatic heterocycles. The van der Waals surface area contributed by atoms with E-state index in [1.54, 1.807) is 0 Å². The van der Waals surface area contributed by atoms with E-state index in [0.717, 1.165) is 0 Å². The summed E-state index contributed by atoms with van der Waals surface area (Å²) < 4.78 is 5.10. The van der Waals surface area contributed by atoms with Crippen molar-refractivity contribution in [2.24, 2.45) is 0 Å². The average molecular weight is 502 g/mol. The molecule has 0 bridgehead atoms. The molecule has 2 heterocycles. The molecule has 0 aliphatic rings. The fourth-order valence-electron chi connectivity index (χ4n) is 5.91. The van der Waals surface area contributed by atoms with E-state index in [4.69, 9.17) is 0 Å². The van der Waals surface area contributed by atoms with Gasteiger partial charge in [0.25, 0.3) is 0 Å². The predicted molar refractivity (Wildman–Crippen MR) is 165 cm³/mol. The molecular weight excluding hydrogens is 478 g/mol. The van der Waals surface area contributed by atoms with Gasteiger partial charge in [-0.2, -0.15) is 0 Å². The Hall–Kier alpha value is -4.66. The first-order chi connectivity index (χ1) is 18.9. The van der Waals surface area contributed by atoms with Crippen molar-refractivity contribution in [2.75, 3.05) is 0 Å². The Kier molecular flexibility index (Phi) is 4.76. The van der Waals surface area contributed by atoms with Gasteiger partial charge in [-0.3, -0.25) is 0 Å². The van der Waals surface area contributed by atoms with Crippen LogP contribution in [0.25, 0.3) is 69.9 Å². The first-order valence-electron chi connectivity index (χ1n) is 13.0. The molecule has 0 aliphatic carbocycles. The number of thiophene rings is 1. The van der Waals surface area contributed by atoms with Gasteiger partial charge in [-0.15, -0.1) is 11.3 Å². The molecule has 1 nitrogen and oxygen atoms in total. The van der Waals surface area contributed by atoms with Gasteiger partial charge in [0.05, 0.1) is 11.0 Å². The van der Waals surface area contributed by atoms with Crippen molar-refractivity contribution in [3.63, 3.8) is 0 Å². The summed E-state index contributed by atoms with van der Waals surface area (Å²) in [4.78, 5) is 0. The van der Waals surface area contributed by atoms with Gasteiger partial charge < -0.3 is 4.57 Å². The normalized spacial score (nSPS) is 11.7. The van der Waals surface area contributed by atoms with E-state index in [2.05, 4.69) is 144 Å². The van der Waals surface area contributed by atoms with Crippen LogP contribution in [0, 0.1) is 0 Å². The first-order valence-corrected chi connectivity index (χ1v) is 13.8. The summed E-state index contributed by atoms with van der Waals surface area (Å²) in [6.45, 7) is 0. The number of hydrogen-bond donors (Lipinski definition) is 0. The van der Waals surface area contributed by atoms with Crippen molar-refractivity contribution in [1.82, 2.24) is 4.57 Å². The van der Waals surface area contributed by atoms with E-state index < -0.39 is 0 Å². The van der Waals surface area contributed by atoms with E-state index in [0.29, 0.717) is 0 Å². The highest BCUT2D eigenvalue weighted by molar-refractivity contribution is 7.26. The fraction of sp³-hybridized carbons (Fsp3) is 0. The summed E-state index contributed by atoms with van der Waals surface area (Å²) in [6, 6.07) is 50.6. The van der Waals surface area contributed by atoms with Gasteiger partial charge in [0.2, 0.25) is 0 Å².